The van der Waals surface area contributed by atoms with Crippen molar-refractivity contribution in [2.75, 3.05) is 0 Å². The highest BCUT2D eigenvalue weighted by atomic mass is 32.1. The number of nitrogens with zero attached hydrogens (tertiary/aromatic N) is 2. The summed E-state index contributed by atoms with van der Waals surface area (Å²) in [6.45, 7) is 0. The van der Waals surface area contributed by atoms with E-state index in [-0.39, 0.29) is 37.8 Å². The largest absolute Gasteiger partial charge is 0.287 e. The van der Waals surface area contributed by atoms with Gasteiger partial charge in [-0.05, 0) is 25.0 Å². The third kappa shape index (κ3) is 3.44. The number of fused-ring (bicyclic) bond motifs is 10. The highest BCUT2D eigenvalue weighted by molar-refractivity contribution is 7.45. The van der Waals surface area contributed by atoms with E-state index in [2.05, 4.69) is 11.1 Å². The van der Waals surface area contributed by atoms with E-state index >= 15 is 0 Å². The van der Waals surface area contributed by atoms with Crippen molar-refractivity contribution in [1.29, 1.82) is 0 Å². The molecule has 0 N–H and O–H groups in total. The standard InChI is InChI=1S/C36H20N2O4S4/c39-27-16-8-2-3-9-17(16)28(40)25(27)37-22-14-20-24(36(22)12-6-1-7-13-36)32-34(43-20)35-33(46-32)31-21(44-35)15-23(45-31)38-26-29(41)18-10-4-5-11-19(18)30(26)42/h2-5,8-11,14-15H,1,6-7,12-13H2. The van der Waals surface area contributed by atoms with Crippen molar-refractivity contribution in [3.63, 3.8) is 0 Å². The number of benzene rings is 2. The molecule has 4 aromatic carbocycles. The monoisotopic (exact) mass is 672 g/mol. The molecule has 0 radical (unpaired) electrons. The van der Waals surface area contributed by atoms with E-state index in [4.69, 9.17) is 4.99 Å². The topological polar surface area (TPSA) is 93.0 Å². The zero-order valence-electron chi connectivity index (χ0n) is 24.0. The van der Waals surface area contributed by atoms with E-state index in [1.165, 1.54) is 40.6 Å². The molecule has 46 heavy (non-hydrogen) atoms. The zero-order chi connectivity index (χ0) is 30.9. The molecule has 2 aliphatic carbocycles. The first-order valence-corrected chi connectivity index (χ1v) is 18.4. The minimum absolute atomic E-state index is 0.0156. The summed E-state index contributed by atoms with van der Waals surface area (Å²) in [4.78, 5) is 63.1. The van der Waals surface area contributed by atoms with Gasteiger partial charge in [0.1, 0.15) is 5.00 Å². The average molecular weight is 673 g/mol. The normalized spacial score (nSPS) is 16.0. The Balaban J connectivity index is 1.15. The fourth-order valence-electron chi connectivity index (χ4n) is 7.59. The Labute approximate surface area is 274 Å². The van der Waals surface area contributed by atoms with Crippen LogP contribution in [-0.2, 0) is 5.41 Å². The van der Waals surface area contributed by atoms with Crippen LogP contribution in [-0.4, -0.2) is 0 Å². The Hall–Kier alpha value is -4.22. The van der Waals surface area contributed by atoms with Gasteiger partial charge in [0.25, 0.3) is 0 Å². The summed E-state index contributed by atoms with van der Waals surface area (Å²) in [7, 11) is 0. The van der Waals surface area contributed by atoms with Crippen LogP contribution in [0.1, 0.15) is 42.5 Å². The molecule has 0 amide bonds. The maximum atomic E-state index is 13.3. The molecule has 10 rings (SSSR count). The maximum absolute atomic E-state index is 13.3. The molecule has 0 aliphatic heterocycles. The quantitative estimate of drug-likeness (QED) is 0.193. The summed E-state index contributed by atoms with van der Waals surface area (Å²) < 4.78 is 7.22. The average Bonchev–Trinajstić information content (AvgIpc) is 3.91. The minimum atomic E-state index is -0.316. The van der Waals surface area contributed by atoms with Crippen molar-refractivity contribution >= 4 is 106 Å². The van der Waals surface area contributed by atoms with Crippen molar-refractivity contribution in [2.45, 2.75) is 37.5 Å². The van der Waals surface area contributed by atoms with Gasteiger partial charge in [-0.15, -0.1) is 45.3 Å². The van der Waals surface area contributed by atoms with E-state index in [1.807, 2.05) is 6.07 Å². The molecule has 0 atom stereocenters. The molecular weight excluding hydrogens is 653 g/mol. The molecule has 4 aromatic heterocycles. The SMILES string of the molecule is O=c1c(=NC2=Cc3sc4c(sc5c6sc(N=c7c(=O)c8ccccc8c7=O)cc6sc45)c3C23CCCCC3)c(=O)c2ccccc12. The lowest BCUT2D eigenvalue weighted by Crippen LogP contribution is -2.35. The lowest BCUT2D eigenvalue weighted by Gasteiger charge is -2.35. The van der Waals surface area contributed by atoms with Crippen LogP contribution in [0.4, 0.5) is 5.00 Å². The molecule has 6 nitrogen and oxygen atoms in total. The zero-order valence-corrected chi connectivity index (χ0v) is 27.2. The van der Waals surface area contributed by atoms with Crippen LogP contribution in [0, 0.1) is 0 Å². The van der Waals surface area contributed by atoms with Crippen molar-refractivity contribution in [3.8, 4) is 0 Å². The van der Waals surface area contributed by atoms with E-state index in [9.17, 15) is 19.2 Å². The first-order valence-electron chi connectivity index (χ1n) is 15.1. The smallest absolute Gasteiger partial charge is 0.216 e. The van der Waals surface area contributed by atoms with Gasteiger partial charge in [0.2, 0.25) is 21.7 Å². The summed E-state index contributed by atoms with van der Waals surface area (Å²) in [6, 6.07) is 15.9. The van der Waals surface area contributed by atoms with Gasteiger partial charge in [0.05, 0.1) is 29.2 Å². The Morgan fingerprint density at radius 1 is 0.565 bits per heavy atom. The first-order chi connectivity index (χ1) is 22.4. The first kappa shape index (κ1) is 26.9. The predicted octanol–water partition coefficient (Wildman–Crippen LogP) is 7.28. The van der Waals surface area contributed by atoms with Gasteiger partial charge < -0.3 is 0 Å². The van der Waals surface area contributed by atoms with Gasteiger partial charge in [-0.3, -0.25) is 19.2 Å². The van der Waals surface area contributed by atoms with Crippen LogP contribution in [0.3, 0.4) is 0 Å². The molecule has 8 aromatic rings. The van der Waals surface area contributed by atoms with Crippen LogP contribution in [0.2, 0.25) is 0 Å². The number of rotatable bonds is 2. The lowest BCUT2D eigenvalue weighted by molar-refractivity contribution is 0.345. The molecule has 10 heteroatoms. The van der Waals surface area contributed by atoms with Crippen LogP contribution in [0.15, 0.2) is 89.5 Å². The van der Waals surface area contributed by atoms with E-state index in [0.717, 1.165) is 47.2 Å². The molecule has 1 saturated carbocycles. The predicted molar refractivity (Wildman–Crippen MR) is 192 cm³/mol. The Morgan fingerprint density at radius 2 is 1.11 bits per heavy atom. The highest BCUT2D eigenvalue weighted by Gasteiger charge is 2.46. The number of hydrogen-bond donors (Lipinski definition) is 0. The molecule has 4 heterocycles. The van der Waals surface area contributed by atoms with Crippen LogP contribution in [0.5, 0.6) is 0 Å². The van der Waals surface area contributed by atoms with Gasteiger partial charge >= 0.3 is 0 Å². The van der Waals surface area contributed by atoms with Gasteiger partial charge in [-0.2, -0.15) is 0 Å². The molecule has 1 fully saturated rings. The van der Waals surface area contributed by atoms with Crippen molar-refractivity contribution in [1.82, 2.24) is 0 Å². The maximum Gasteiger partial charge on any atom is 0.216 e. The summed E-state index contributed by atoms with van der Waals surface area (Å²) in [5.41, 5.74) is 0.643. The van der Waals surface area contributed by atoms with Crippen LogP contribution >= 0.6 is 45.3 Å². The van der Waals surface area contributed by atoms with Crippen molar-refractivity contribution in [2.24, 2.45) is 9.98 Å². The van der Waals surface area contributed by atoms with Crippen LogP contribution in [0.25, 0.3) is 55.8 Å². The fraction of sp³-hybridized carbons (Fsp3) is 0.167. The Morgan fingerprint density at radius 3 is 1.72 bits per heavy atom. The van der Waals surface area contributed by atoms with E-state index in [0.29, 0.717) is 26.5 Å². The van der Waals surface area contributed by atoms with Gasteiger partial charge in [0.15, 0.2) is 10.7 Å². The molecule has 1 spiro atoms. The van der Waals surface area contributed by atoms with Crippen molar-refractivity contribution in [3.05, 3.63) is 122 Å². The molecule has 222 valence electrons. The molecule has 0 saturated heterocycles. The number of hydrogen-bond acceptors (Lipinski definition) is 10. The second-order valence-corrected chi connectivity index (χ2v) is 16.3. The van der Waals surface area contributed by atoms with Gasteiger partial charge in [0, 0.05) is 42.1 Å². The second-order valence-electron chi connectivity index (χ2n) is 12.1. The van der Waals surface area contributed by atoms with E-state index in [1.54, 1.807) is 82.5 Å². The number of thiophene rings is 4. The Kier molecular flexibility index (Phi) is 5.52. The summed E-state index contributed by atoms with van der Waals surface area (Å²) in [5, 5.41) is 2.39. The summed E-state index contributed by atoms with van der Waals surface area (Å²) in [6.07, 6.45) is 7.32. The fourth-order valence-corrected chi connectivity index (χ4v) is 13.5. The molecule has 0 bridgehead atoms. The Bertz CT molecular complexity index is 2900. The van der Waals surface area contributed by atoms with Crippen LogP contribution < -0.4 is 32.4 Å². The highest BCUT2D eigenvalue weighted by Crippen LogP contribution is 2.60. The lowest BCUT2D eigenvalue weighted by atomic mass is 9.70. The minimum Gasteiger partial charge on any atom is -0.287 e. The van der Waals surface area contributed by atoms with Crippen molar-refractivity contribution < 1.29 is 0 Å². The van der Waals surface area contributed by atoms with Gasteiger partial charge in [-0.1, -0.05) is 67.8 Å². The second kappa shape index (κ2) is 9.42. The van der Waals surface area contributed by atoms with Gasteiger partial charge in [-0.25, -0.2) is 9.98 Å². The summed E-state index contributed by atoms with van der Waals surface area (Å²) >= 11 is 6.82. The molecular formula is C36H20N2O4S4. The third-order valence-corrected chi connectivity index (χ3v) is 14.9. The van der Waals surface area contributed by atoms with E-state index < -0.39 is 0 Å². The molecule has 0 unspecified atom stereocenters. The summed E-state index contributed by atoms with van der Waals surface area (Å²) in [5.74, 6) is 0. The third-order valence-electron chi connectivity index (χ3n) is 9.70. The molecule has 2 aliphatic rings. The number of allylic oxidation sites excluding steroid dienone is 1.